The minimum atomic E-state index is -0.507. The molecule has 1 aromatic carbocycles. The summed E-state index contributed by atoms with van der Waals surface area (Å²) in [4.78, 5) is 25.4. The zero-order valence-electron chi connectivity index (χ0n) is 11.0. The number of aromatic nitrogens is 2. The molecule has 0 spiro atoms. The van der Waals surface area contributed by atoms with E-state index in [9.17, 15) is 14.0 Å². The van der Waals surface area contributed by atoms with E-state index in [2.05, 4.69) is 15.5 Å². The number of hydrogen-bond donors (Lipinski definition) is 2. The van der Waals surface area contributed by atoms with Crippen LogP contribution in [-0.2, 0) is 9.59 Å². The van der Waals surface area contributed by atoms with Gasteiger partial charge in [0.2, 0.25) is 11.8 Å². The van der Waals surface area contributed by atoms with Gasteiger partial charge in [-0.2, -0.15) is 5.10 Å². The number of amides is 2. The number of rotatable bonds is 3. The van der Waals surface area contributed by atoms with Crippen LogP contribution in [0.5, 0.6) is 0 Å². The zero-order chi connectivity index (χ0) is 14.8. The first kappa shape index (κ1) is 13.3. The molecule has 3 rings (SSSR count). The van der Waals surface area contributed by atoms with Crippen LogP contribution in [0, 0.1) is 11.7 Å². The quantitative estimate of drug-likeness (QED) is 0.899. The lowest BCUT2D eigenvalue weighted by Crippen LogP contribution is -2.28. The van der Waals surface area contributed by atoms with Crippen LogP contribution in [0.4, 0.5) is 15.8 Å². The maximum absolute atomic E-state index is 13.7. The molecule has 108 valence electrons. The Bertz CT molecular complexity index is 671. The van der Waals surface area contributed by atoms with E-state index < -0.39 is 11.7 Å². The lowest BCUT2D eigenvalue weighted by atomic mass is 10.1. The molecule has 6 nitrogen and oxygen atoms in total. The van der Waals surface area contributed by atoms with Crippen molar-refractivity contribution in [2.24, 2.45) is 5.92 Å². The molecule has 0 saturated carbocycles. The minimum Gasteiger partial charge on any atom is -0.323 e. The average Bonchev–Trinajstić information content (AvgIpc) is 3.09. The highest BCUT2D eigenvalue weighted by Crippen LogP contribution is 2.27. The number of halogens is 1. The van der Waals surface area contributed by atoms with E-state index in [0.717, 1.165) is 0 Å². The molecule has 1 atom stereocenters. The fourth-order valence-electron chi connectivity index (χ4n) is 2.35. The molecule has 1 saturated heterocycles. The second-order valence-electron chi connectivity index (χ2n) is 4.83. The number of H-pyrrole nitrogens is 1. The van der Waals surface area contributed by atoms with Gasteiger partial charge in [-0.15, -0.1) is 0 Å². The summed E-state index contributed by atoms with van der Waals surface area (Å²) in [6.07, 6.45) is 3.09. The highest BCUT2D eigenvalue weighted by Gasteiger charge is 2.36. The van der Waals surface area contributed by atoms with Gasteiger partial charge in [-0.1, -0.05) is 12.1 Å². The number of benzene rings is 1. The van der Waals surface area contributed by atoms with Crippen LogP contribution in [0.3, 0.4) is 0 Å². The maximum atomic E-state index is 13.7. The van der Waals surface area contributed by atoms with Crippen molar-refractivity contribution in [3.05, 3.63) is 42.5 Å². The molecule has 1 aliphatic heterocycles. The van der Waals surface area contributed by atoms with E-state index in [1.54, 1.807) is 18.3 Å². The molecule has 2 aromatic rings. The van der Waals surface area contributed by atoms with Crippen LogP contribution in [0.15, 0.2) is 36.7 Å². The zero-order valence-corrected chi connectivity index (χ0v) is 11.0. The second kappa shape index (κ2) is 5.35. The van der Waals surface area contributed by atoms with Crippen LogP contribution < -0.4 is 10.2 Å². The van der Waals surface area contributed by atoms with Crippen LogP contribution >= 0.6 is 0 Å². The topological polar surface area (TPSA) is 78.1 Å². The molecule has 0 radical (unpaired) electrons. The number of carbonyl (C=O) groups is 2. The van der Waals surface area contributed by atoms with Gasteiger partial charge >= 0.3 is 0 Å². The molecule has 2 heterocycles. The smallest absolute Gasteiger partial charge is 0.229 e. The first-order chi connectivity index (χ1) is 10.1. The van der Waals surface area contributed by atoms with Gasteiger partial charge in [0.25, 0.3) is 0 Å². The number of hydrogen-bond acceptors (Lipinski definition) is 3. The van der Waals surface area contributed by atoms with Crippen molar-refractivity contribution in [1.82, 2.24) is 10.2 Å². The third-order valence-corrected chi connectivity index (χ3v) is 3.40. The Labute approximate surface area is 120 Å². The summed E-state index contributed by atoms with van der Waals surface area (Å²) in [5.74, 6) is -1.51. The van der Waals surface area contributed by atoms with Gasteiger partial charge in [0, 0.05) is 19.2 Å². The fraction of sp³-hybridized carbons (Fsp3) is 0.214. The molecule has 1 aromatic heterocycles. The summed E-state index contributed by atoms with van der Waals surface area (Å²) in [5, 5.41) is 8.97. The van der Waals surface area contributed by atoms with Crippen molar-refractivity contribution in [3.8, 4) is 0 Å². The SMILES string of the molecule is O=C(Nc1cn[nH]c1)[C@@H]1CC(=O)N(c2ccccc2F)C1. The normalized spacial score (nSPS) is 18.0. The minimum absolute atomic E-state index is 0.0675. The highest BCUT2D eigenvalue weighted by atomic mass is 19.1. The number of para-hydroxylation sites is 1. The Kier molecular flexibility index (Phi) is 3.39. The average molecular weight is 288 g/mol. The predicted octanol–water partition coefficient (Wildman–Crippen LogP) is 1.54. The van der Waals surface area contributed by atoms with E-state index in [1.165, 1.54) is 23.2 Å². The van der Waals surface area contributed by atoms with Gasteiger partial charge < -0.3 is 10.2 Å². The Balaban J connectivity index is 1.73. The van der Waals surface area contributed by atoms with Crippen molar-refractivity contribution < 1.29 is 14.0 Å². The van der Waals surface area contributed by atoms with Gasteiger partial charge in [-0.05, 0) is 12.1 Å². The van der Waals surface area contributed by atoms with Crippen molar-refractivity contribution in [2.75, 3.05) is 16.8 Å². The predicted molar refractivity (Wildman–Crippen MR) is 74.1 cm³/mol. The lowest BCUT2D eigenvalue weighted by molar-refractivity contribution is -0.122. The van der Waals surface area contributed by atoms with Crippen molar-refractivity contribution in [2.45, 2.75) is 6.42 Å². The van der Waals surface area contributed by atoms with E-state index in [0.29, 0.717) is 5.69 Å². The fourth-order valence-corrected chi connectivity index (χ4v) is 2.35. The number of nitrogens with zero attached hydrogens (tertiary/aromatic N) is 2. The molecule has 2 amide bonds. The van der Waals surface area contributed by atoms with Crippen LogP contribution in [0.1, 0.15) is 6.42 Å². The lowest BCUT2D eigenvalue weighted by Gasteiger charge is -2.17. The summed E-state index contributed by atoms with van der Waals surface area (Å²) in [7, 11) is 0. The molecule has 0 aliphatic carbocycles. The van der Waals surface area contributed by atoms with E-state index >= 15 is 0 Å². The molecule has 0 unspecified atom stereocenters. The Morgan fingerprint density at radius 2 is 2.24 bits per heavy atom. The number of carbonyl (C=O) groups excluding carboxylic acids is 2. The monoisotopic (exact) mass is 288 g/mol. The van der Waals surface area contributed by atoms with Gasteiger partial charge in [0.1, 0.15) is 5.82 Å². The Hall–Kier alpha value is -2.70. The summed E-state index contributed by atoms with van der Waals surface area (Å²) in [5.41, 5.74) is 0.748. The Morgan fingerprint density at radius 3 is 2.95 bits per heavy atom. The molecule has 1 fully saturated rings. The van der Waals surface area contributed by atoms with E-state index in [-0.39, 0.29) is 30.5 Å². The number of anilines is 2. The van der Waals surface area contributed by atoms with Gasteiger partial charge in [-0.3, -0.25) is 14.7 Å². The van der Waals surface area contributed by atoms with Crippen LogP contribution in [0.2, 0.25) is 0 Å². The largest absolute Gasteiger partial charge is 0.323 e. The highest BCUT2D eigenvalue weighted by molar-refractivity contribution is 6.03. The van der Waals surface area contributed by atoms with Gasteiger partial charge in [0.15, 0.2) is 0 Å². The molecular weight excluding hydrogens is 275 g/mol. The maximum Gasteiger partial charge on any atom is 0.229 e. The molecule has 2 N–H and O–H groups in total. The van der Waals surface area contributed by atoms with Crippen LogP contribution in [0.25, 0.3) is 0 Å². The van der Waals surface area contributed by atoms with Crippen LogP contribution in [-0.4, -0.2) is 28.6 Å². The first-order valence-electron chi connectivity index (χ1n) is 6.49. The summed E-state index contributed by atoms with van der Waals surface area (Å²) >= 11 is 0. The number of nitrogens with one attached hydrogen (secondary N) is 2. The second-order valence-corrected chi connectivity index (χ2v) is 4.83. The third-order valence-electron chi connectivity index (χ3n) is 3.40. The van der Waals surface area contributed by atoms with Crippen molar-refractivity contribution in [1.29, 1.82) is 0 Å². The van der Waals surface area contributed by atoms with E-state index in [1.807, 2.05) is 0 Å². The molecule has 21 heavy (non-hydrogen) atoms. The molecule has 7 heteroatoms. The summed E-state index contributed by atoms with van der Waals surface area (Å²) in [6.45, 7) is 0.170. The summed E-state index contributed by atoms with van der Waals surface area (Å²) < 4.78 is 13.7. The molecular formula is C14H13FN4O2. The first-order valence-corrected chi connectivity index (χ1v) is 6.49. The molecule has 1 aliphatic rings. The van der Waals surface area contributed by atoms with Crippen molar-refractivity contribution >= 4 is 23.2 Å². The van der Waals surface area contributed by atoms with Crippen molar-refractivity contribution in [3.63, 3.8) is 0 Å². The summed E-state index contributed by atoms with van der Waals surface area (Å²) in [6, 6.07) is 6.04. The Morgan fingerprint density at radius 1 is 1.43 bits per heavy atom. The van der Waals surface area contributed by atoms with Gasteiger partial charge in [-0.25, -0.2) is 4.39 Å². The number of aromatic amines is 1. The van der Waals surface area contributed by atoms with E-state index in [4.69, 9.17) is 0 Å². The van der Waals surface area contributed by atoms with Gasteiger partial charge in [0.05, 0.1) is 23.5 Å². The third kappa shape index (κ3) is 2.62. The standard InChI is InChI=1S/C14H13FN4O2/c15-11-3-1-2-4-12(11)19-8-9(5-13(19)20)14(21)18-10-6-16-17-7-10/h1-4,6-7,9H,5,8H2,(H,16,17)(H,18,21)/t9-/m1/s1. The molecule has 0 bridgehead atoms.